The van der Waals surface area contributed by atoms with E-state index in [-0.39, 0.29) is 30.6 Å². The van der Waals surface area contributed by atoms with Crippen LogP contribution in [0.3, 0.4) is 0 Å². The zero-order valence-electron chi connectivity index (χ0n) is 10.6. The zero-order chi connectivity index (χ0) is 13.5. The van der Waals surface area contributed by atoms with E-state index < -0.39 is 11.7 Å². The fourth-order valence-corrected chi connectivity index (χ4v) is 1.55. The van der Waals surface area contributed by atoms with Gasteiger partial charge in [0.15, 0.2) is 11.6 Å². The largest absolute Gasteiger partial charge is 0.490 e. The van der Waals surface area contributed by atoms with E-state index in [0.29, 0.717) is 6.42 Å². The van der Waals surface area contributed by atoms with Gasteiger partial charge in [0.05, 0.1) is 12.2 Å². The highest BCUT2D eigenvalue weighted by Gasteiger charge is 2.17. The highest BCUT2D eigenvalue weighted by molar-refractivity contribution is 5.97. The van der Waals surface area contributed by atoms with Gasteiger partial charge in [0.1, 0.15) is 0 Å². The summed E-state index contributed by atoms with van der Waals surface area (Å²) < 4.78 is 18.7. The van der Waals surface area contributed by atoms with Crippen molar-refractivity contribution in [3.05, 3.63) is 29.6 Å². The lowest BCUT2D eigenvalue weighted by Gasteiger charge is -2.15. The molecule has 18 heavy (non-hydrogen) atoms. The Bertz CT molecular complexity index is 409. The number of benzene rings is 1. The molecule has 2 N–H and O–H groups in total. The minimum Gasteiger partial charge on any atom is -0.490 e. The van der Waals surface area contributed by atoms with Gasteiger partial charge in [0, 0.05) is 12.6 Å². The van der Waals surface area contributed by atoms with Crippen molar-refractivity contribution in [1.82, 2.24) is 5.32 Å². The van der Waals surface area contributed by atoms with Gasteiger partial charge >= 0.3 is 0 Å². The molecule has 0 aliphatic carbocycles. The van der Waals surface area contributed by atoms with Crippen LogP contribution in [0.15, 0.2) is 18.2 Å². The maximum atomic E-state index is 13.5. The molecule has 0 aliphatic heterocycles. The number of nitrogens with one attached hydrogen (secondary N) is 1. The summed E-state index contributed by atoms with van der Waals surface area (Å²) in [5, 5.41) is 11.4. The number of aliphatic hydroxyl groups excluding tert-OH is 1. The lowest BCUT2D eigenvalue weighted by molar-refractivity contribution is 0.0929. The van der Waals surface area contributed by atoms with Gasteiger partial charge in [0.25, 0.3) is 5.91 Å². The first-order valence-electron chi connectivity index (χ1n) is 5.93. The predicted molar refractivity (Wildman–Crippen MR) is 66.2 cm³/mol. The van der Waals surface area contributed by atoms with Gasteiger partial charge in [-0.15, -0.1) is 0 Å². The van der Waals surface area contributed by atoms with Crippen LogP contribution in [0, 0.1) is 5.82 Å². The highest BCUT2D eigenvalue weighted by Crippen LogP contribution is 2.22. The molecular formula is C13H18FNO3. The van der Waals surface area contributed by atoms with E-state index in [9.17, 15) is 9.18 Å². The quantitative estimate of drug-likeness (QED) is 0.813. The first-order chi connectivity index (χ1) is 8.60. The summed E-state index contributed by atoms with van der Waals surface area (Å²) in [6.07, 6.45) is 0.449. The maximum Gasteiger partial charge on any atom is 0.255 e. The van der Waals surface area contributed by atoms with Crippen molar-refractivity contribution in [2.45, 2.75) is 26.3 Å². The molecule has 0 saturated heterocycles. The maximum absolute atomic E-state index is 13.5. The van der Waals surface area contributed by atoms with Gasteiger partial charge in [-0.1, -0.05) is 6.07 Å². The second-order valence-electron chi connectivity index (χ2n) is 3.94. The van der Waals surface area contributed by atoms with Gasteiger partial charge < -0.3 is 15.2 Å². The number of carbonyl (C=O) groups excluding carboxylic acids is 1. The van der Waals surface area contributed by atoms with Crippen molar-refractivity contribution < 1.29 is 19.0 Å². The van der Waals surface area contributed by atoms with Crippen LogP contribution in [-0.4, -0.2) is 30.3 Å². The first-order valence-corrected chi connectivity index (χ1v) is 5.93. The van der Waals surface area contributed by atoms with Crippen molar-refractivity contribution in [2.75, 3.05) is 13.2 Å². The lowest BCUT2D eigenvalue weighted by atomic mass is 10.1. The van der Waals surface area contributed by atoms with E-state index in [1.807, 2.05) is 0 Å². The number of ether oxygens (including phenoxy) is 1. The number of rotatable bonds is 6. The minimum absolute atomic E-state index is 0.0110. The molecule has 0 unspecified atom stereocenters. The molecule has 5 heteroatoms. The smallest absolute Gasteiger partial charge is 0.255 e. The van der Waals surface area contributed by atoms with Gasteiger partial charge in [-0.25, -0.2) is 4.39 Å². The van der Waals surface area contributed by atoms with Crippen molar-refractivity contribution in [3.63, 3.8) is 0 Å². The molecule has 100 valence electrons. The van der Waals surface area contributed by atoms with Gasteiger partial charge in [-0.3, -0.25) is 4.79 Å². The Balaban J connectivity index is 2.87. The fraction of sp³-hybridized carbons (Fsp3) is 0.462. The van der Waals surface area contributed by atoms with Crippen molar-refractivity contribution in [1.29, 1.82) is 0 Å². The van der Waals surface area contributed by atoms with E-state index in [2.05, 4.69) is 5.32 Å². The van der Waals surface area contributed by atoms with Crippen LogP contribution in [0.1, 0.15) is 30.6 Å². The average Bonchev–Trinajstić information content (AvgIpc) is 2.32. The van der Waals surface area contributed by atoms with Crippen LogP contribution in [-0.2, 0) is 0 Å². The average molecular weight is 255 g/mol. The third-order valence-electron chi connectivity index (χ3n) is 2.44. The third kappa shape index (κ3) is 3.70. The summed E-state index contributed by atoms with van der Waals surface area (Å²) in [5.74, 6) is -0.994. The topological polar surface area (TPSA) is 58.6 Å². The Hall–Kier alpha value is -1.62. The Morgan fingerprint density at radius 2 is 2.28 bits per heavy atom. The van der Waals surface area contributed by atoms with E-state index in [0.717, 1.165) is 0 Å². The normalized spacial score (nSPS) is 12.0. The molecule has 1 aromatic rings. The number of aliphatic hydroxyl groups is 1. The molecule has 0 spiro atoms. The molecule has 0 aromatic heterocycles. The Morgan fingerprint density at radius 1 is 1.56 bits per heavy atom. The molecule has 0 bridgehead atoms. The third-order valence-corrected chi connectivity index (χ3v) is 2.44. The molecule has 0 radical (unpaired) electrons. The zero-order valence-corrected chi connectivity index (χ0v) is 10.6. The number of hydrogen-bond acceptors (Lipinski definition) is 3. The number of hydrogen-bond donors (Lipinski definition) is 2. The molecule has 0 fully saturated rings. The highest BCUT2D eigenvalue weighted by atomic mass is 19.1. The summed E-state index contributed by atoms with van der Waals surface area (Å²) in [4.78, 5) is 11.9. The van der Waals surface area contributed by atoms with E-state index in [4.69, 9.17) is 9.84 Å². The monoisotopic (exact) mass is 255 g/mol. The Kier molecular flexibility index (Phi) is 5.58. The molecule has 1 amide bonds. The van der Waals surface area contributed by atoms with Gasteiger partial charge in [-0.2, -0.15) is 0 Å². The molecule has 0 aliphatic rings. The number of amides is 1. The number of carbonyl (C=O) groups is 1. The SMILES string of the molecule is CCOc1c(F)cccc1C(=O)N[C@H](C)CCO. The molecule has 0 saturated carbocycles. The van der Waals surface area contributed by atoms with Crippen LogP contribution in [0.25, 0.3) is 0 Å². The molecule has 1 atom stereocenters. The van der Waals surface area contributed by atoms with Crippen molar-refractivity contribution >= 4 is 5.91 Å². The summed E-state index contributed by atoms with van der Waals surface area (Å²) in [5.41, 5.74) is 0.168. The molecule has 1 rings (SSSR count). The minimum atomic E-state index is -0.556. The summed E-state index contributed by atoms with van der Waals surface area (Å²) in [6, 6.07) is 4.04. The van der Waals surface area contributed by atoms with Crippen LogP contribution < -0.4 is 10.1 Å². The van der Waals surface area contributed by atoms with Crippen molar-refractivity contribution in [2.24, 2.45) is 0 Å². The Labute approximate surface area is 106 Å². The standard InChI is InChI=1S/C13H18FNO3/c1-3-18-12-10(5-4-6-11(12)14)13(17)15-9(2)7-8-16/h4-6,9,16H,3,7-8H2,1-2H3,(H,15,17)/t9-/m1/s1. The second kappa shape index (κ2) is 6.96. The van der Waals surface area contributed by atoms with Gasteiger partial charge in [0.2, 0.25) is 0 Å². The predicted octanol–water partition coefficient (Wildman–Crippen LogP) is 1.73. The van der Waals surface area contributed by atoms with Crippen LogP contribution >= 0.6 is 0 Å². The van der Waals surface area contributed by atoms with Crippen LogP contribution in [0.5, 0.6) is 5.75 Å². The molecular weight excluding hydrogens is 237 g/mol. The van der Waals surface area contributed by atoms with E-state index >= 15 is 0 Å². The molecule has 1 aromatic carbocycles. The summed E-state index contributed by atoms with van der Waals surface area (Å²) in [6.45, 7) is 3.77. The Morgan fingerprint density at radius 3 is 2.89 bits per heavy atom. The summed E-state index contributed by atoms with van der Waals surface area (Å²) >= 11 is 0. The van der Waals surface area contributed by atoms with Crippen molar-refractivity contribution in [3.8, 4) is 5.75 Å². The fourth-order valence-electron chi connectivity index (χ4n) is 1.55. The molecule has 0 heterocycles. The first kappa shape index (κ1) is 14.4. The number of halogens is 1. The van der Waals surface area contributed by atoms with E-state index in [1.54, 1.807) is 13.8 Å². The molecule has 4 nitrogen and oxygen atoms in total. The van der Waals surface area contributed by atoms with E-state index in [1.165, 1.54) is 18.2 Å². The van der Waals surface area contributed by atoms with Crippen LogP contribution in [0.4, 0.5) is 4.39 Å². The number of para-hydroxylation sites is 1. The van der Waals surface area contributed by atoms with Gasteiger partial charge in [-0.05, 0) is 32.4 Å². The van der Waals surface area contributed by atoms with Crippen LogP contribution in [0.2, 0.25) is 0 Å². The lowest BCUT2D eigenvalue weighted by Crippen LogP contribution is -2.33. The second-order valence-corrected chi connectivity index (χ2v) is 3.94. The summed E-state index contributed by atoms with van der Waals surface area (Å²) in [7, 11) is 0.